The Hall–Kier alpha value is -3.09. The van der Waals surface area contributed by atoms with Gasteiger partial charge in [0.2, 0.25) is 5.89 Å². The van der Waals surface area contributed by atoms with Crippen molar-refractivity contribution < 1.29 is 19.1 Å². The molecule has 7 heteroatoms. The Labute approximate surface area is 184 Å². The summed E-state index contributed by atoms with van der Waals surface area (Å²) in [7, 11) is 0. The van der Waals surface area contributed by atoms with Crippen LogP contribution in [0.15, 0.2) is 52.9 Å². The van der Waals surface area contributed by atoms with E-state index in [1.807, 2.05) is 49.4 Å². The number of nitrogens with zero attached hydrogens (tertiary/aromatic N) is 1. The Bertz CT molecular complexity index is 1230. The number of benzene rings is 2. The average Bonchev–Trinajstić information content (AvgIpc) is 3.30. The number of hydrogen-bond acceptors (Lipinski definition) is 4. The smallest absolute Gasteiger partial charge is 0.333 e. The molecule has 0 saturated carbocycles. The van der Waals surface area contributed by atoms with E-state index in [0.717, 1.165) is 39.2 Å². The van der Waals surface area contributed by atoms with Crippen molar-refractivity contribution in [3.05, 3.63) is 76.3 Å². The SMILES string of the molecule is CCOC(Cc1ccc2[nH]c(Cc3nc(-c4ccccc4Cl)oc3C)cc2c1)C(=O)O. The number of rotatable bonds is 8. The van der Waals surface area contributed by atoms with Crippen LogP contribution in [-0.2, 0) is 22.4 Å². The molecular weight excluding hydrogens is 416 g/mol. The number of halogens is 1. The zero-order valence-electron chi connectivity index (χ0n) is 17.3. The third-order valence-corrected chi connectivity index (χ3v) is 5.49. The lowest BCUT2D eigenvalue weighted by Gasteiger charge is -2.12. The molecular formula is C24H23ClN2O4. The lowest BCUT2D eigenvalue weighted by atomic mass is 10.1. The summed E-state index contributed by atoms with van der Waals surface area (Å²) in [6.07, 6.45) is 0.0610. The Morgan fingerprint density at radius 1 is 1.26 bits per heavy atom. The summed E-state index contributed by atoms with van der Waals surface area (Å²) in [6, 6.07) is 15.4. The third kappa shape index (κ3) is 4.65. The highest BCUT2D eigenvalue weighted by molar-refractivity contribution is 6.33. The largest absolute Gasteiger partial charge is 0.479 e. The molecule has 1 atom stereocenters. The Morgan fingerprint density at radius 2 is 2.06 bits per heavy atom. The molecule has 6 nitrogen and oxygen atoms in total. The summed E-state index contributed by atoms with van der Waals surface area (Å²) in [5, 5.41) is 10.9. The summed E-state index contributed by atoms with van der Waals surface area (Å²) < 4.78 is 11.2. The second-order valence-electron chi connectivity index (χ2n) is 7.38. The van der Waals surface area contributed by atoms with Gasteiger partial charge in [0, 0.05) is 30.7 Å². The molecule has 1 unspecified atom stereocenters. The molecule has 4 rings (SSSR count). The van der Waals surface area contributed by atoms with Crippen LogP contribution < -0.4 is 0 Å². The molecule has 0 aliphatic rings. The van der Waals surface area contributed by atoms with E-state index in [-0.39, 0.29) is 0 Å². The monoisotopic (exact) mass is 438 g/mol. The number of H-pyrrole nitrogens is 1. The van der Waals surface area contributed by atoms with Crippen molar-refractivity contribution in [3.63, 3.8) is 0 Å². The molecule has 0 radical (unpaired) electrons. The summed E-state index contributed by atoms with van der Waals surface area (Å²) in [4.78, 5) is 19.4. The standard InChI is InChI=1S/C24H23ClN2O4/c1-3-30-22(24(28)29)11-15-8-9-20-16(10-15)12-17(26-20)13-21-14(2)31-23(27-21)18-6-4-5-7-19(18)25/h4-10,12,22,26H,3,11,13H2,1-2H3,(H,28,29). The topological polar surface area (TPSA) is 88.4 Å². The number of aromatic nitrogens is 2. The lowest BCUT2D eigenvalue weighted by molar-refractivity contribution is -0.149. The van der Waals surface area contributed by atoms with E-state index in [0.29, 0.717) is 30.4 Å². The number of fused-ring (bicyclic) bond motifs is 1. The van der Waals surface area contributed by atoms with Crippen molar-refractivity contribution >= 4 is 28.5 Å². The molecule has 2 N–H and O–H groups in total. The number of carbonyl (C=O) groups is 1. The molecule has 160 valence electrons. The zero-order valence-corrected chi connectivity index (χ0v) is 18.1. The predicted octanol–water partition coefficient (Wildman–Crippen LogP) is 5.41. The summed E-state index contributed by atoms with van der Waals surface area (Å²) in [5.41, 5.74) is 4.49. The van der Waals surface area contributed by atoms with Crippen LogP contribution in [0.1, 0.15) is 29.6 Å². The predicted molar refractivity (Wildman–Crippen MR) is 120 cm³/mol. The first kappa shape index (κ1) is 21.2. The number of oxazole rings is 1. The van der Waals surface area contributed by atoms with Crippen LogP contribution in [0.5, 0.6) is 0 Å². The number of carboxylic acid groups (broad SMARTS) is 1. The number of hydrogen-bond donors (Lipinski definition) is 2. The molecule has 0 spiro atoms. The second kappa shape index (κ2) is 8.96. The van der Waals surface area contributed by atoms with Gasteiger partial charge in [0.15, 0.2) is 6.10 Å². The number of aromatic amines is 1. The Kier molecular flexibility index (Phi) is 6.11. The summed E-state index contributed by atoms with van der Waals surface area (Å²) in [6.45, 7) is 4.05. The molecule has 31 heavy (non-hydrogen) atoms. The van der Waals surface area contributed by atoms with E-state index >= 15 is 0 Å². The van der Waals surface area contributed by atoms with Gasteiger partial charge in [-0.05, 0) is 55.1 Å². The van der Waals surface area contributed by atoms with Crippen LogP contribution in [0.3, 0.4) is 0 Å². The average molecular weight is 439 g/mol. The van der Waals surface area contributed by atoms with Gasteiger partial charge in [-0.2, -0.15) is 0 Å². The maximum absolute atomic E-state index is 11.4. The molecule has 2 aromatic carbocycles. The lowest BCUT2D eigenvalue weighted by Crippen LogP contribution is -2.26. The van der Waals surface area contributed by atoms with Crippen LogP contribution in [0.25, 0.3) is 22.4 Å². The van der Waals surface area contributed by atoms with Crippen LogP contribution in [0, 0.1) is 6.92 Å². The third-order valence-electron chi connectivity index (χ3n) is 5.16. The van der Waals surface area contributed by atoms with Crippen LogP contribution in [0.2, 0.25) is 5.02 Å². The number of aliphatic carboxylic acids is 1. The number of ether oxygens (including phenoxy) is 1. The number of aryl methyl sites for hydroxylation is 1. The fraction of sp³-hybridized carbons (Fsp3) is 0.250. The van der Waals surface area contributed by atoms with E-state index in [2.05, 4.69) is 16.0 Å². The van der Waals surface area contributed by atoms with Crippen LogP contribution in [-0.4, -0.2) is 33.8 Å². The normalized spacial score (nSPS) is 12.4. The number of nitrogens with one attached hydrogen (secondary N) is 1. The maximum atomic E-state index is 11.4. The highest BCUT2D eigenvalue weighted by Gasteiger charge is 2.19. The minimum atomic E-state index is -0.951. The molecule has 0 aliphatic heterocycles. The van der Waals surface area contributed by atoms with Crippen LogP contribution >= 0.6 is 11.6 Å². The van der Waals surface area contributed by atoms with Crippen molar-refractivity contribution in [3.8, 4) is 11.5 Å². The van der Waals surface area contributed by atoms with Gasteiger partial charge in [0.05, 0.1) is 16.3 Å². The van der Waals surface area contributed by atoms with Crippen molar-refractivity contribution in [2.24, 2.45) is 0 Å². The zero-order chi connectivity index (χ0) is 22.0. The van der Waals surface area contributed by atoms with Crippen molar-refractivity contribution in [1.82, 2.24) is 9.97 Å². The van der Waals surface area contributed by atoms with E-state index in [1.54, 1.807) is 6.92 Å². The Balaban J connectivity index is 1.56. The van der Waals surface area contributed by atoms with E-state index in [4.69, 9.17) is 20.8 Å². The van der Waals surface area contributed by atoms with Crippen molar-refractivity contribution in [1.29, 1.82) is 0 Å². The van der Waals surface area contributed by atoms with Crippen molar-refractivity contribution in [2.75, 3.05) is 6.61 Å². The molecule has 0 bridgehead atoms. The van der Waals surface area contributed by atoms with E-state index in [1.165, 1.54) is 0 Å². The summed E-state index contributed by atoms with van der Waals surface area (Å²) >= 11 is 6.27. The minimum absolute atomic E-state index is 0.323. The van der Waals surface area contributed by atoms with Gasteiger partial charge in [-0.25, -0.2) is 9.78 Å². The van der Waals surface area contributed by atoms with E-state index < -0.39 is 12.1 Å². The highest BCUT2D eigenvalue weighted by atomic mass is 35.5. The van der Waals surface area contributed by atoms with Gasteiger partial charge in [-0.15, -0.1) is 0 Å². The molecule has 0 amide bonds. The first-order valence-corrected chi connectivity index (χ1v) is 10.5. The Morgan fingerprint density at radius 3 is 2.81 bits per heavy atom. The fourth-order valence-corrected chi connectivity index (χ4v) is 3.84. The maximum Gasteiger partial charge on any atom is 0.333 e. The van der Waals surface area contributed by atoms with Gasteiger partial charge in [0.25, 0.3) is 0 Å². The quantitative estimate of drug-likeness (QED) is 0.384. The fourth-order valence-electron chi connectivity index (χ4n) is 3.62. The second-order valence-corrected chi connectivity index (χ2v) is 7.79. The summed E-state index contributed by atoms with van der Waals surface area (Å²) in [5.74, 6) is 0.301. The molecule has 0 fully saturated rings. The van der Waals surface area contributed by atoms with Gasteiger partial charge in [-0.1, -0.05) is 29.8 Å². The molecule has 2 heterocycles. The van der Waals surface area contributed by atoms with Gasteiger partial charge >= 0.3 is 5.97 Å². The first-order valence-electron chi connectivity index (χ1n) is 10.1. The first-order chi connectivity index (χ1) is 14.9. The molecule has 2 aromatic heterocycles. The van der Waals surface area contributed by atoms with Crippen molar-refractivity contribution in [2.45, 2.75) is 32.8 Å². The minimum Gasteiger partial charge on any atom is -0.479 e. The van der Waals surface area contributed by atoms with E-state index in [9.17, 15) is 9.90 Å². The molecule has 0 saturated heterocycles. The van der Waals surface area contributed by atoms with Gasteiger partial charge < -0.3 is 19.2 Å². The van der Waals surface area contributed by atoms with Crippen LogP contribution in [0.4, 0.5) is 0 Å². The van der Waals surface area contributed by atoms with Gasteiger partial charge in [0.1, 0.15) is 5.76 Å². The highest BCUT2D eigenvalue weighted by Crippen LogP contribution is 2.29. The number of carboxylic acids is 1. The molecule has 4 aromatic rings. The molecule has 0 aliphatic carbocycles. The van der Waals surface area contributed by atoms with Gasteiger partial charge in [-0.3, -0.25) is 0 Å².